The largest absolute Gasteiger partial charge is 0.379 e. The summed E-state index contributed by atoms with van der Waals surface area (Å²) < 4.78 is 2.07. The Morgan fingerprint density at radius 2 is 2.19 bits per heavy atom. The standard InChI is InChI=1S/C16H24BrN3O/c1-5-20-13(21)12(17)11(9-18-20)19-14-15(2,3)10-6-7-16(14,4)8-10/h9-10,14,19H,5-8H2,1-4H3. The first-order chi connectivity index (χ1) is 9.79. The monoisotopic (exact) mass is 353 g/mol. The number of fused-ring (bicyclic) bond motifs is 2. The molecule has 1 N–H and O–H groups in total. The number of aryl methyl sites for hydroxylation is 1. The quantitative estimate of drug-likeness (QED) is 0.901. The molecule has 0 amide bonds. The Balaban J connectivity index is 1.94. The second-order valence-electron chi connectivity index (χ2n) is 7.49. The van der Waals surface area contributed by atoms with E-state index in [1.54, 1.807) is 6.20 Å². The van der Waals surface area contributed by atoms with Crippen LogP contribution in [0.5, 0.6) is 0 Å². The molecular formula is C16H24BrN3O. The summed E-state index contributed by atoms with van der Waals surface area (Å²) in [5.74, 6) is 0.780. The van der Waals surface area contributed by atoms with Crippen molar-refractivity contribution in [2.75, 3.05) is 5.32 Å². The maximum absolute atomic E-state index is 12.2. The molecule has 0 saturated heterocycles. The molecule has 2 aliphatic carbocycles. The molecule has 0 radical (unpaired) electrons. The van der Waals surface area contributed by atoms with Crippen LogP contribution in [0.15, 0.2) is 15.5 Å². The SMILES string of the molecule is CCn1ncc(NC2C3(C)CCC(C3)C2(C)C)c(Br)c1=O. The van der Waals surface area contributed by atoms with E-state index in [4.69, 9.17) is 0 Å². The van der Waals surface area contributed by atoms with Crippen molar-refractivity contribution in [3.63, 3.8) is 0 Å². The number of nitrogens with one attached hydrogen (secondary N) is 1. The van der Waals surface area contributed by atoms with Gasteiger partial charge in [0, 0.05) is 12.6 Å². The van der Waals surface area contributed by atoms with Crippen LogP contribution >= 0.6 is 15.9 Å². The molecule has 3 unspecified atom stereocenters. The molecule has 21 heavy (non-hydrogen) atoms. The van der Waals surface area contributed by atoms with Gasteiger partial charge in [-0.15, -0.1) is 0 Å². The summed E-state index contributed by atoms with van der Waals surface area (Å²) in [6, 6.07) is 0.388. The summed E-state index contributed by atoms with van der Waals surface area (Å²) >= 11 is 3.45. The molecule has 3 atom stereocenters. The zero-order valence-electron chi connectivity index (χ0n) is 13.2. The van der Waals surface area contributed by atoms with Crippen molar-refractivity contribution in [2.45, 2.75) is 59.5 Å². The zero-order valence-corrected chi connectivity index (χ0v) is 14.8. The van der Waals surface area contributed by atoms with Gasteiger partial charge < -0.3 is 5.32 Å². The molecule has 0 aliphatic heterocycles. The van der Waals surface area contributed by atoms with Gasteiger partial charge in [-0.2, -0.15) is 5.10 Å². The van der Waals surface area contributed by atoms with E-state index >= 15 is 0 Å². The van der Waals surface area contributed by atoms with Crippen molar-refractivity contribution in [1.82, 2.24) is 9.78 Å². The summed E-state index contributed by atoms with van der Waals surface area (Å²) in [6.45, 7) is 9.61. The van der Waals surface area contributed by atoms with Gasteiger partial charge in [0.05, 0.1) is 11.9 Å². The fraction of sp³-hybridized carbons (Fsp3) is 0.750. The van der Waals surface area contributed by atoms with Crippen LogP contribution in [0.3, 0.4) is 0 Å². The maximum atomic E-state index is 12.2. The maximum Gasteiger partial charge on any atom is 0.283 e. The Morgan fingerprint density at radius 1 is 1.48 bits per heavy atom. The number of rotatable bonds is 3. The molecule has 1 heterocycles. The summed E-state index contributed by atoms with van der Waals surface area (Å²) in [6.07, 6.45) is 5.67. The first-order valence-corrected chi connectivity index (χ1v) is 8.61. The molecule has 1 aromatic rings. The first kappa shape index (κ1) is 15.1. The Kier molecular flexibility index (Phi) is 3.47. The van der Waals surface area contributed by atoms with Crippen molar-refractivity contribution in [3.8, 4) is 0 Å². The predicted octanol–water partition coefficient (Wildman–Crippen LogP) is 3.65. The van der Waals surface area contributed by atoms with Gasteiger partial charge in [-0.25, -0.2) is 4.68 Å². The van der Waals surface area contributed by atoms with Crippen LogP contribution in [0, 0.1) is 16.7 Å². The summed E-state index contributed by atoms with van der Waals surface area (Å²) in [5, 5.41) is 7.88. The van der Waals surface area contributed by atoms with Gasteiger partial charge in [0.25, 0.3) is 5.56 Å². The highest BCUT2D eigenvalue weighted by Gasteiger charge is 2.59. The lowest BCUT2D eigenvalue weighted by Gasteiger charge is -2.43. The van der Waals surface area contributed by atoms with E-state index in [2.05, 4.69) is 47.1 Å². The van der Waals surface area contributed by atoms with Gasteiger partial charge in [-0.05, 0) is 58.9 Å². The third-order valence-electron chi connectivity index (χ3n) is 5.85. The molecule has 5 heteroatoms. The average Bonchev–Trinajstić information content (AvgIpc) is 2.90. The number of halogens is 1. The Morgan fingerprint density at radius 3 is 2.76 bits per heavy atom. The molecule has 2 aliphatic rings. The van der Waals surface area contributed by atoms with E-state index in [0.717, 1.165) is 11.6 Å². The molecule has 116 valence electrons. The van der Waals surface area contributed by atoms with E-state index in [0.29, 0.717) is 22.5 Å². The molecule has 3 rings (SSSR count). The van der Waals surface area contributed by atoms with Gasteiger partial charge in [-0.3, -0.25) is 4.79 Å². The second kappa shape index (κ2) is 4.83. The van der Waals surface area contributed by atoms with Gasteiger partial charge >= 0.3 is 0 Å². The van der Waals surface area contributed by atoms with Crippen molar-refractivity contribution in [1.29, 1.82) is 0 Å². The van der Waals surface area contributed by atoms with E-state index in [1.807, 2.05) is 6.92 Å². The summed E-state index contributed by atoms with van der Waals surface area (Å²) in [4.78, 5) is 12.2. The minimum atomic E-state index is -0.0615. The summed E-state index contributed by atoms with van der Waals surface area (Å²) in [7, 11) is 0. The highest BCUT2D eigenvalue weighted by Crippen LogP contribution is 2.63. The molecule has 1 aromatic heterocycles. The van der Waals surface area contributed by atoms with Crippen LogP contribution in [0.25, 0.3) is 0 Å². The van der Waals surface area contributed by atoms with E-state index in [1.165, 1.54) is 23.9 Å². The lowest BCUT2D eigenvalue weighted by Crippen LogP contribution is -2.46. The normalized spacial score (nSPS) is 33.4. The molecule has 4 nitrogen and oxygen atoms in total. The van der Waals surface area contributed by atoms with Crippen LogP contribution in [-0.4, -0.2) is 15.8 Å². The lowest BCUT2D eigenvalue weighted by atomic mass is 9.68. The molecule has 2 fully saturated rings. The highest BCUT2D eigenvalue weighted by molar-refractivity contribution is 9.10. The third-order valence-corrected chi connectivity index (χ3v) is 6.62. The lowest BCUT2D eigenvalue weighted by molar-refractivity contribution is 0.155. The van der Waals surface area contributed by atoms with E-state index in [-0.39, 0.29) is 11.0 Å². The van der Waals surface area contributed by atoms with Crippen LogP contribution in [0.2, 0.25) is 0 Å². The Labute approximate surface area is 134 Å². The van der Waals surface area contributed by atoms with Gasteiger partial charge in [0.1, 0.15) is 4.47 Å². The highest BCUT2D eigenvalue weighted by atomic mass is 79.9. The summed E-state index contributed by atoms with van der Waals surface area (Å²) in [5.41, 5.74) is 1.35. The molecular weight excluding hydrogens is 330 g/mol. The Bertz CT molecular complexity index is 620. The smallest absolute Gasteiger partial charge is 0.283 e. The van der Waals surface area contributed by atoms with Crippen LogP contribution in [0.4, 0.5) is 5.69 Å². The molecule has 2 bridgehead atoms. The second-order valence-corrected chi connectivity index (χ2v) is 8.28. The third kappa shape index (κ3) is 2.16. The number of hydrogen-bond donors (Lipinski definition) is 1. The first-order valence-electron chi connectivity index (χ1n) is 7.82. The van der Waals surface area contributed by atoms with E-state index < -0.39 is 0 Å². The van der Waals surface area contributed by atoms with Gasteiger partial charge in [0.2, 0.25) is 0 Å². The molecule has 2 saturated carbocycles. The minimum Gasteiger partial charge on any atom is -0.379 e. The number of anilines is 1. The number of nitrogens with zero attached hydrogens (tertiary/aromatic N) is 2. The topological polar surface area (TPSA) is 46.9 Å². The van der Waals surface area contributed by atoms with Crippen LogP contribution in [-0.2, 0) is 6.54 Å². The van der Waals surface area contributed by atoms with Gasteiger partial charge in [0.15, 0.2) is 0 Å². The van der Waals surface area contributed by atoms with Crippen LogP contribution in [0.1, 0.15) is 47.0 Å². The minimum absolute atomic E-state index is 0.0615. The average molecular weight is 354 g/mol. The number of aromatic nitrogens is 2. The Hall–Kier alpha value is -0.840. The molecule has 0 aromatic carbocycles. The van der Waals surface area contributed by atoms with Crippen molar-refractivity contribution >= 4 is 21.6 Å². The predicted molar refractivity (Wildman–Crippen MR) is 88.5 cm³/mol. The van der Waals surface area contributed by atoms with Crippen molar-refractivity contribution in [2.24, 2.45) is 16.7 Å². The fourth-order valence-electron chi connectivity index (χ4n) is 4.61. The van der Waals surface area contributed by atoms with Crippen molar-refractivity contribution < 1.29 is 0 Å². The number of hydrogen-bond acceptors (Lipinski definition) is 3. The van der Waals surface area contributed by atoms with E-state index in [9.17, 15) is 4.79 Å². The van der Waals surface area contributed by atoms with Crippen LogP contribution < -0.4 is 10.9 Å². The van der Waals surface area contributed by atoms with Crippen molar-refractivity contribution in [3.05, 3.63) is 21.0 Å². The fourth-order valence-corrected chi connectivity index (χ4v) is 5.03. The zero-order chi connectivity index (χ0) is 15.4. The molecule has 0 spiro atoms. The van der Waals surface area contributed by atoms with Gasteiger partial charge in [-0.1, -0.05) is 20.8 Å².